The van der Waals surface area contributed by atoms with Gasteiger partial charge in [-0.1, -0.05) is 18.2 Å². The minimum absolute atomic E-state index is 0.0553. The molecule has 0 bridgehead atoms. The summed E-state index contributed by atoms with van der Waals surface area (Å²) in [5.74, 6) is -0.210. The Hall–Kier alpha value is -4.00. The Morgan fingerprint density at radius 2 is 1.90 bits per heavy atom. The largest absolute Gasteiger partial charge is 0.436 e. The van der Waals surface area contributed by atoms with Crippen LogP contribution in [-0.4, -0.2) is 33.7 Å². The molecular formula is C24H20N4O3. The Kier molecular flexibility index (Phi) is 4.71. The lowest BCUT2D eigenvalue weighted by molar-refractivity contribution is -0.127. The number of benzene rings is 2. The maximum absolute atomic E-state index is 13.0. The second-order valence-corrected chi connectivity index (χ2v) is 7.60. The highest BCUT2D eigenvalue weighted by molar-refractivity contribution is 5.98. The predicted octanol–water partition coefficient (Wildman–Crippen LogP) is 4.05. The number of oxazole rings is 1. The number of carbonyl (C=O) groups excluding carboxylic acids is 2. The van der Waals surface area contributed by atoms with E-state index in [1.54, 1.807) is 24.3 Å². The molecule has 2 atom stereocenters. The van der Waals surface area contributed by atoms with Crippen molar-refractivity contribution in [3.8, 4) is 11.5 Å². The average Bonchev–Trinajstić information content (AvgIpc) is 3.36. The molecule has 0 saturated carbocycles. The van der Waals surface area contributed by atoms with Crippen LogP contribution in [0.25, 0.3) is 22.6 Å². The molecule has 2 aromatic heterocycles. The molecule has 0 aliphatic carbocycles. The van der Waals surface area contributed by atoms with Crippen molar-refractivity contribution in [1.29, 1.82) is 0 Å². The first-order chi connectivity index (χ1) is 15.1. The van der Waals surface area contributed by atoms with Crippen LogP contribution in [0, 0.1) is 5.92 Å². The van der Waals surface area contributed by atoms with Gasteiger partial charge in [0, 0.05) is 37.1 Å². The molecule has 0 spiro atoms. The molecule has 0 radical (unpaired) electrons. The molecule has 7 heteroatoms. The van der Waals surface area contributed by atoms with Gasteiger partial charge in [-0.3, -0.25) is 14.6 Å². The van der Waals surface area contributed by atoms with Crippen molar-refractivity contribution in [1.82, 2.24) is 14.9 Å². The van der Waals surface area contributed by atoms with Crippen molar-refractivity contribution in [2.75, 3.05) is 12.4 Å². The van der Waals surface area contributed by atoms with Crippen LogP contribution in [0.5, 0.6) is 0 Å². The van der Waals surface area contributed by atoms with Crippen LogP contribution < -0.4 is 5.32 Å². The zero-order valence-corrected chi connectivity index (χ0v) is 16.9. The number of hydrogen-bond donors (Lipinski definition) is 1. The summed E-state index contributed by atoms with van der Waals surface area (Å²) in [6.07, 6.45) is 3.55. The third-order valence-electron chi connectivity index (χ3n) is 5.64. The molecular weight excluding hydrogens is 392 g/mol. The molecule has 1 fully saturated rings. The molecule has 2 unspecified atom stereocenters. The van der Waals surface area contributed by atoms with Gasteiger partial charge in [-0.05, 0) is 48.0 Å². The molecule has 1 aliphatic rings. The van der Waals surface area contributed by atoms with Crippen molar-refractivity contribution in [3.05, 3.63) is 78.6 Å². The molecule has 1 aliphatic heterocycles. The number of fused-ring (bicyclic) bond motifs is 1. The van der Waals surface area contributed by atoms with E-state index in [4.69, 9.17) is 4.42 Å². The lowest BCUT2D eigenvalue weighted by Gasteiger charge is -2.24. The second-order valence-electron chi connectivity index (χ2n) is 7.60. The molecule has 154 valence electrons. The molecule has 7 nitrogen and oxygen atoms in total. The number of para-hydroxylation sites is 2. The van der Waals surface area contributed by atoms with Crippen LogP contribution in [0.3, 0.4) is 0 Å². The fourth-order valence-electron chi connectivity index (χ4n) is 4.04. The smallest absolute Gasteiger partial charge is 0.230 e. The van der Waals surface area contributed by atoms with Gasteiger partial charge in [0.2, 0.25) is 17.7 Å². The maximum atomic E-state index is 13.0. The monoisotopic (exact) mass is 412 g/mol. The summed E-state index contributed by atoms with van der Waals surface area (Å²) in [5, 5.41) is 2.94. The molecule has 3 heterocycles. The zero-order valence-electron chi connectivity index (χ0n) is 16.9. The summed E-state index contributed by atoms with van der Waals surface area (Å²) in [5.41, 5.74) is 3.84. The highest BCUT2D eigenvalue weighted by Gasteiger charge is 2.42. The first-order valence-corrected chi connectivity index (χ1v) is 10.0. The van der Waals surface area contributed by atoms with E-state index in [1.807, 2.05) is 60.7 Å². The van der Waals surface area contributed by atoms with Crippen LogP contribution in [-0.2, 0) is 9.59 Å². The lowest BCUT2D eigenvalue weighted by Crippen LogP contribution is -2.30. The standard InChI is InChI=1S/C24H20N4O3/c1-28-21(29)13-18(22(28)16-5-4-12-25-14-16)23(30)26-17-10-8-15(9-11-17)24-27-19-6-2-3-7-20(19)31-24/h2-12,14,18,22H,13H2,1H3,(H,26,30). The van der Waals surface area contributed by atoms with Crippen molar-refractivity contribution in [2.45, 2.75) is 12.5 Å². The van der Waals surface area contributed by atoms with Crippen LogP contribution in [0.15, 0.2) is 77.5 Å². The summed E-state index contributed by atoms with van der Waals surface area (Å²) in [7, 11) is 1.72. The predicted molar refractivity (Wildman–Crippen MR) is 116 cm³/mol. The van der Waals surface area contributed by atoms with E-state index < -0.39 is 5.92 Å². The van der Waals surface area contributed by atoms with Crippen molar-refractivity contribution >= 4 is 28.6 Å². The minimum Gasteiger partial charge on any atom is -0.436 e. The Bertz CT molecular complexity index is 1220. The van der Waals surface area contributed by atoms with E-state index in [2.05, 4.69) is 15.3 Å². The number of hydrogen-bond acceptors (Lipinski definition) is 5. The topological polar surface area (TPSA) is 88.3 Å². The maximum Gasteiger partial charge on any atom is 0.230 e. The van der Waals surface area contributed by atoms with Gasteiger partial charge in [0.1, 0.15) is 5.52 Å². The number of likely N-dealkylation sites (tertiary alicyclic amines) is 1. The quantitative estimate of drug-likeness (QED) is 0.546. The fourth-order valence-corrected chi connectivity index (χ4v) is 4.04. The first kappa shape index (κ1) is 19.0. The molecule has 1 saturated heterocycles. The van der Waals surface area contributed by atoms with Gasteiger partial charge >= 0.3 is 0 Å². The molecule has 2 amide bonds. The van der Waals surface area contributed by atoms with Gasteiger partial charge in [0.15, 0.2) is 5.58 Å². The second kappa shape index (κ2) is 7.68. The molecule has 31 heavy (non-hydrogen) atoms. The van der Waals surface area contributed by atoms with E-state index in [1.165, 1.54) is 0 Å². The number of rotatable bonds is 4. The van der Waals surface area contributed by atoms with E-state index in [0.29, 0.717) is 11.6 Å². The Balaban J connectivity index is 1.34. The van der Waals surface area contributed by atoms with Crippen molar-refractivity contribution in [3.63, 3.8) is 0 Å². The number of pyridine rings is 1. The summed E-state index contributed by atoms with van der Waals surface area (Å²) < 4.78 is 5.80. The summed E-state index contributed by atoms with van der Waals surface area (Å²) in [4.78, 5) is 35.6. The highest BCUT2D eigenvalue weighted by Crippen LogP contribution is 2.37. The summed E-state index contributed by atoms with van der Waals surface area (Å²) >= 11 is 0. The Morgan fingerprint density at radius 3 is 2.65 bits per heavy atom. The number of nitrogens with zero attached hydrogens (tertiary/aromatic N) is 3. The van der Waals surface area contributed by atoms with Gasteiger partial charge in [0.05, 0.1) is 12.0 Å². The fraction of sp³-hybridized carbons (Fsp3) is 0.167. The highest BCUT2D eigenvalue weighted by atomic mass is 16.3. The zero-order chi connectivity index (χ0) is 21.4. The molecule has 4 aromatic rings. The molecule has 2 aromatic carbocycles. The van der Waals surface area contributed by atoms with Gasteiger partial charge in [0.25, 0.3) is 0 Å². The van der Waals surface area contributed by atoms with E-state index >= 15 is 0 Å². The van der Waals surface area contributed by atoms with E-state index in [0.717, 1.165) is 22.2 Å². The van der Waals surface area contributed by atoms with E-state index in [-0.39, 0.29) is 24.3 Å². The minimum atomic E-state index is -0.488. The summed E-state index contributed by atoms with van der Waals surface area (Å²) in [6, 6.07) is 18.3. The molecule has 1 N–H and O–H groups in total. The van der Waals surface area contributed by atoms with Gasteiger partial charge < -0.3 is 14.6 Å². The number of nitrogens with one attached hydrogen (secondary N) is 1. The lowest BCUT2D eigenvalue weighted by atomic mass is 9.94. The van der Waals surface area contributed by atoms with Crippen LogP contribution in [0.4, 0.5) is 5.69 Å². The van der Waals surface area contributed by atoms with Crippen LogP contribution in [0.2, 0.25) is 0 Å². The summed E-state index contributed by atoms with van der Waals surface area (Å²) in [6.45, 7) is 0. The number of carbonyl (C=O) groups is 2. The normalized spacial score (nSPS) is 18.5. The number of anilines is 1. The SMILES string of the molecule is CN1C(=O)CC(C(=O)Nc2ccc(-c3nc4ccccc4o3)cc2)C1c1cccnc1. The van der Waals surface area contributed by atoms with Crippen LogP contribution >= 0.6 is 0 Å². The third-order valence-corrected chi connectivity index (χ3v) is 5.64. The Morgan fingerprint density at radius 1 is 1.10 bits per heavy atom. The van der Waals surface area contributed by atoms with Gasteiger partial charge in [-0.25, -0.2) is 4.98 Å². The van der Waals surface area contributed by atoms with Crippen LogP contribution in [0.1, 0.15) is 18.0 Å². The third kappa shape index (κ3) is 3.54. The van der Waals surface area contributed by atoms with Crippen molar-refractivity contribution in [2.24, 2.45) is 5.92 Å². The van der Waals surface area contributed by atoms with Gasteiger partial charge in [-0.2, -0.15) is 0 Å². The van der Waals surface area contributed by atoms with Gasteiger partial charge in [-0.15, -0.1) is 0 Å². The number of amides is 2. The average molecular weight is 412 g/mol. The van der Waals surface area contributed by atoms with Crippen molar-refractivity contribution < 1.29 is 14.0 Å². The van der Waals surface area contributed by atoms with E-state index in [9.17, 15) is 9.59 Å². The Labute approximate surface area is 178 Å². The molecule has 5 rings (SSSR count). The number of aromatic nitrogens is 2. The first-order valence-electron chi connectivity index (χ1n) is 10.0.